The molecule has 1 aliphatic carbocycles. The van der Waals surface area contributed by atoms with Gasteiger partial charge in [0.25, 0.3) is 11.5 Å². The van der Waals surface area contributed by atoms with E-state index in [4.69, 9.17) is 4.74 Å². The summed E-state index contributed by atoms with van der Waals surface area (Å²) >= 11 is 1.32. The minimum absolute atomic E-state index is 0.0285. The second-order valence-electron chi connectivity index (χ2n) is 7.28. The van der Waals surface area contributed by atoms with E-state index in [-0.39, 0.29) is 23.0 Å². The molecule has 2 aromatic rings. The van der Waals surface area contributed by atoms with Gasteiger partial charge in [0.15, 0.2) is 0 Å². The standard InChI is InChI=1S/C18H23N3O3S/c1-11-13-15(22)19-10-20-16(13)25-14(11)17(23)21-8-4-7-18(9-21)6-3-5-12(18)24-2/h10,12H,3-9H2,1-2H3,(H,19,20,22)/t12-,18-/m1/s1. The number of H-pyrrole nitrogens is 1. The highest BCUT2D eigenvalue weighted by atomic mass is 32.1. The van der Waals surface area contributed by atoms with Crippen LogP contribution in [0.4, 0.5) is 0 Å². The lowest BCUT2D eigenvalue weighted by Crippen LogP contribution is -2.49. The third-order valence-corrected chi connectivity index (χ3v) is 7.12. The summed E-state index contributed by atoms with van der Waals surface area (Å²) in [6.07, 6.45) is 7.16. The Bertz CT molecular complexity index is 874. The van der Waals surface area contributed by atoms with Gasteiger partial charge in [-0.05, 0) is 38.2 Å². The number of aromatic amines is 1. The fourth-order valence-electron chi connectivity index (χ4n) is 4.70. The monoisotopic (exact) mass is 361 g/mol. The van der Waals surface area contributed by atoms with Crippen molar-refractivity contribution >= 4 is 27.5 Å². The Kier molecular flexibility index (Phi) is 4.16. The summed E-state index contributed by atoms with van der Waals surface area (Å²) in [6.45, 7) is 3.37. The van der Waals surface area contributed by atoms with Crippen LogP contribution >= 0.6 is 11.3 Å². The highest BCUT2D eigenvalue weighted by Gasteiger charge is 2.47. The molecule has 1 N–H and O–H groups in total. The Balaban J connectivity index is 1.66. The lowest BCUT2D eigenvalue weighted by molar-refractivity contribution is -0.0294. The number of fused-ring (bicyclic) bond motifs is 1. The molecule has 3 heterocycles. The van der Waals surface area contributed by atoms with Gasteiger partial charge >= 0.3 is 0 Å². The average Bonchev–Trinajstić information content (AvgIpc) is 3.16. The molecule has 25 heavy (non-hydrogen) atoms. The van der Waals surface area contributed by atoms with E-state index >= 15 is 0 Å². The maximum absolute atomic E-state index is 13.2. The second kappa shape index (κ2) is 6.21. The minimum Gasteiger partial charge on any atom is -0.381 e. The fraction of sp³-hybridized carbons (Fsp3) is 0.611. The van der Waals surface area contributed by atoms with E-state index in [9.17, 15) is 9.59 Å². The van der Waals surface area contributed by atoms with Crippen molar-refractivity contribution < 1.29 is 9.53 Å². The van der Waals surface area contributed by atoms with Crippen molar-refractivity contribution in [2.24, 2.45) is 5.41 Å². The molecule has 1 spiro atoms. The number of nitrogens with zero attached hydrogens (tertiary/aromatic N) is 2. The molecule has 2 atom stereocenters. The number of hydrogen-bond acceptors (Lipinski definition) is 5. The van der Waals surface area contributed by atoms with Crippen LogP contribution in [-0.2, 0) is 4.74 Å². The molecule has 2 fully saturated rings. The highest BCUT2D eigenvalue weighted by molar-refractivity contribution is 7.20. The molecular weight excluding hydrogens is 338 g/mol. The topological polar surface area (TPSA) is 75.3 Å². The summed E-state index contributed by atoms with van der Waals surface area (Å²) in [5.41, 5.74) is 0.667. The molecule has 1 saturated carbocycles. The number of hydrogen-bond donors (Lipinski definition) is 1. The van der Waals surface area contributed by atoms with Crippen molar-refractivity contribution in [2.45, 2.75) is 45.1 Å². The molecule has 7 heteroatoms. The first-order valence-corrected chi connectivity index (χ1v) is 9.66. The second-order valence-corrected chi connectivity index (χ2v) is 8.28. The Morgan fingerprint density at radius 3 is 3.00 bits per heavy atom. The lowest BCUT2D eigenvalue weighted by Gasteiger charge is -2.43. The van der Waals surface area contributed by atoms with Gasteiger partial charge in [-0.15, -0.1) is 11.3 Å². The molecule has 0 aromatic carbocycles. The summed E-state index contributed by atoms with van der Waals surface area (Å²) in [6, 6.07) is 0. The normalized spacial score (nSPS) is 26.6. The first kappa shape index (κ1) is 16.7. The molecule has 2 aromatic heterocycles. The number of carbonyl (C=O) groups is 1. The van der Waals surface area contributed by atoms with E-state index < -0.39 is 0 Å². The van der Waals surface area contributed by atoms with Gasteiger partial charge in [-0.2, -0.15) is 0 Å². The molecule has 1 saturated heterocycles. The SMILES string of the molecule is CO[C@@H]1CCC[C@]12CCCN(C(=O)c1sc3nc[nH]c(=O)c3c1C)C2. The van der Waals surface area contributed by atoms with E-state index in [1.165, 1.54) is 24.1 Å². The molecule has 134 valence electrons. The zero-order valence-corrected chi connectivity index (χ0v) is 15.4. The summed E-state index contributed by atoms with van der Waals surface area (Å²) in [7, 11) is 1.78. The number of aryl methyl sites for hydroxylation is 1. The number of aromatic nitrogens is 2. The summed E-state index contributed by atoms with van der Waals surface area (Å²) in [4.78, 5) is 35.3. The Labute approximate surface area is 150 Å². The first-order valence-electron chi connectivity index (χ1n) is 8.84. The van der Waals surface area contributed by atoms with Gasteiger partial charge in [0.05, 0.1) is 22.7 Å². The molecule has 1 aliphatic heterocycles. The van der Waals surface area contributed by atoms with Crippen LogP contribution in [0.3, 0.4) is 0 Å². The van der Waals surface area contributed by atoms with Crippen molar-refractivity contribution in [1.82, 2.24) is 14.9 Å². The molecule has 2 aliphatic rings. The van der Waals surface area contributed by atoms with E-state index in [0.717, 1.165) is 44.3 Å². The number of likely N-dealkylation sites (tertiary alicyclic amines) is 1. The minimum atomic E-state index is -0.178. The number of piperidine rings is 1. The van der Waals surface area contributed by atoms with Crippen LogP contribution in [0.25, 0.3) is 10.2 Å². The summed E-state index contributed by atoms with van der Waals surface area (Å²) in [5.74, 6) is 0.0285. The van der Waals surface area contributed by atoms with Crippen LogP contribution in [0.1, 0.15) is 47.3 Å². The van der Waals surface area contributed by atoms with Crippen molar-refractivity contribution in [3.63, 3.8) is 0 Å². The van der Waals surface area contributed by atoms with Crippen molar-refractivity contribution in [1.29, 1.82) is 0 Å². The first-order chi connectivity index (χ1) is 12.1. The van der Waals surface area contributed by atoms with Gasteiger partial charge in [0.1, 0.15) is 4.83 Å². The van der Waals surface area contributed by atoms with E-state index in [0.29, 0.717) is 15.1 Å². The Morgan fingerprint density at radius 2 is 2.24 bits per heavy atom. The van der Waals surface area contributed by atoms with Crippen LogP contribution < -0.4 is 5.56 Å². The van der Waals surface area contributed by atoms with Gasteiger partial charge in [-0.3, -0.25) is 9.59 Å². The van der Waals surface area contributed by atoms with Crippen LogP contribution in [0, 0.1) is 12.3 Å². The summed E-state index contributed by atoms with van der Waals surface area (Å²) in [5, 5.41) is 0.540. The van der Waals surface area contributed by atoms with Crippen molar-refractivity contribution in [3.8, 4) is 0 Å². The number of amides is 1. The van der Waals surface area contributed by atoms with Gasteiger partial charge in [0.2, 0.25) is 0 Å². The third kappa shape index (κ3) is 2.60. The number of nitrogens with one attached hydrogen (secondary N) is 1. The zero-order valence-electron chi connectivity index (χ0n) is 14.6. The number of carbonyl (C=O) groups excluding carboxylic acids is 1. The molecular formula is C18H23N3O3S. The largest absolute Gasteiger partial charge is 0.381 e. The van der Waals surface area contributed by atoms with E-state index in [1.54, 1.807) is 7.11 Å². The average molecular weight is 361 g/mol. The molecule has 6 nitrogen and oxygen atoms in total. The highest BCUT2D eigenvalue weighted by Crippen LogP contribution is 2.46. The predicted molar refractivity (Wildman–Crippen MR) is 97.2 cm³/mol. The number of ether oxygens (including phenoxy) is 1. The van der Waals surface area contributed by atoms with E-state index in [1.807, 2.05) is 11.8 Å². The molecule has 1 amide bonds. The summed E-state index contributed by atoms with van der Waals surface area (Å²) < 4.78 is 5.73. The third-order valence-electron chi connectivity index (χ3n) is 5.93. The van der Waals surface area contributed by atoms with Crippen LogP contribution in [0.2, 0.25) is 0 Å². The van der Waals surface area contributed by atoms with Crippen LogP contribution in [0.15, 0.2) is 11.1 Å². The van der Waals surface area contributed by atoms with Gasteiger partial charge < -0.3 is 14.6 Å². The van der Waals surface area contributed by atoms with Crippen LogP contribution in [0.5, 0.6) is 0 Å². The maximum Gasteiger partial charge on any atom is 0.264 e. The smallest absolute Gasteiger partial charge is 0.264 e. The number of methoxy groups -OCH3 is 1. The number of thiophene rings is 1. The van der Waals surface area contributed by atoms with Crippen LogP contribution in [-0.4, -0.2) is 47.1 Å². The predicted octanol–water partition coefficient (Wildman–Crippen LogP) is 2.71. The zero-order chi connectivity index (χ0) is 17.6. The van der Waals surface area contributed by atoms with E-state index in [2.05, 4.69) is 9.97 Å². The quantitative estimate of drug-likeness (QED) is 0.892. The molecule has 0 radical (unpaired) electrons. The molecule has 0 bridgehead atoms. The van der Waals surface area contributed by atoms with Crippen molar-refractivity contribution in [3.05, 3.63) is 27.1 Å². The van der Waals surface area contributed by atoms with Gasteiger partial charge in [-0.25, -0.2) is 4.98 Å². The molecule has 4 rings (SSSR count). The Hall–Kier alpha value is -1.73. The Morgan fingerprint density at radius 1 is 1.44 bits per heavy atom. The molecule has 0 unspecified atom stereocenters. The maximum atomic E-state index is 13.2. The van der Waals surface area contributed by atoms with Crippen molar-refractivity contribution in [2.75, 3.05) is 20.2 Å². The number of rotatable bonds is 2. The van der Waals surface area contributed by atoms with Gasteiger partial charge in [-0.1, -0.05) is 6.42 Å². The fourth-order valence-corrected chi connectivity index (χ4v) is 5.82. The lowest BCUT2D eigenvalue weighted by atomic mass is 9.76. The van der Waals surface area contributed by atoms with Gasteiger partial charge in [0, 0.05) is 25.6 Å².